The molecule has 0 aromatic carbocycles. The highest BCUT2D eigenvalue weighted by atomic mass is 16.5. The van der Waals surface area contributed by atoms with Gasteiger partial charge in [0.25, 0.3) is 0 Å². The summed E-state index contributed by atoms with van der Waals surface area (Å²) in [6.45, 7) is 3.95. The Labute approximate surface area is 90.6 Å². The molecule has 1 fully saturated rings. The minimum atomic E-state index is 0.473. The van der Waals surface area contributed by atoms with Crippen LogP contribution in [0.2, 0.25) is 0 Å². The lowest BCUT2D eigenvalue weighted by atomic mass is 9.89. The normalized spacial score (nSPS) is 25.2. The minimum absolute atomic E-state index is 0.473. The summed E-state index contributed by atoms with van der Waals surface area (Å²) in [5, 5.41) is 7.74. The molecule has 15 heavy (non-hydrogen) atoms. The highest BCUT2D eigenvalue weighted by Crippen LogP contribution is 2.22. The molecule has 0 unspecified atom stereocenters. The molecule has 4 nitrogen and oxygen atoms in total. The van der Waals surface area contributed by atoms with Crippen LogP contribution in [0.1, 0.15) is 25.3 Å². The fourth-order valence-electron chi connectivity index (χ4n) is 1.86. The van der Waals surface area contributed by atoms with E-state index in [-0.39, 0.29) is 0 Å². The van der Waals surface area contributed by atoms with Crippen LogP contribution >= 0.6 is 0 Å². The topological polar surface area (TPSA) is 39.1 Å². The van der Waals surface area contributed by atoms with Gasteiger partial charge in [0.15, 0.2) is 0 Å². The van der Waals surface area contributed by atoms with E-state index in [9.17, 15) is 0 Å². The molecule has 0 spiro atoms. The van der Waals surface area contributed by atoms with Crippen molar-refractivity contribution in [1.82, 2.24) is 15.1 Å². The van der Waals surface area contributed by atoms with Crippen molar-refractivity contribution in [3.8, 4) is 0 Å². The van der Waals surface area contributed by atoms with Gasteiger partial charge in [-0.2, -0.15) is 5.10 Å². The highest BCUT2D eigenvalue weighted by molar-refractivity contribution is 5.04. The maximum atomic E-state index is 5.23. The van der Waals surface area contributed by atoms with E-state index in [1.165, 1.54) is 5.56 Å². The lowest BCUT2D eigenvalue weighted by Crippen LogP contribution is -2.44. The molecule has 84 valence electrons. The summed E-state index contributed by atoms with van der Waals surface area (Å²) in [5.74, 6) is 0. The van der Waals surface area contributed by atoms with E-state index in [2.05, 4.69) is 23.5 Å². The van der Waals surface area contributed by atoms with Crippen LogP contribution in [-0.2, 0) is 17.8 Å². The van der Waals surface area contributed by atoms with Gasteiger partial charge >= 0.3 is 0 Å². The molecule has 0 atom stereocenters. The summed E-state index contributed by atoms with van der Waals surface area (Å²) in [6, 6.07) is 0.625. The Bertz CT molecular complexity index is 305. The summed E-state index contributed by atoms with van der Waals surface area (Å²) < 4.78 is 7.19. The van der Waals surface area contributed by atoms with E-state index in [1.54, 1.807) is 7.11 Å². The number of hydrogen-bond donors (Lipinski definition) is 1. The third kappa shape index (κ3) is 2.58. The van der Waals surface area contributed by atoms with E-state index >= 15 is 0 Å². The molecule has 0 saturated heterocycles. The lowest BCUT2D eigenvalue weighted by Gasteiger charge is -2.34. The van der Waals surface area contributed by atoms with E-state index in [4.69, 9.17) is 4.74 Å². The zero-order valence-corrected chi connectivity index (χ0v) is 9.44. The Balaban J connectivity index is 1.70. The second-order valence-corrected chi connectivity index (χ2v) is 4.11. The second-order valence-electron chi connectivity index (χ2n) is 4.11. The fraction of sp³-hybridized carbons (Fsp3) is 0.727. The molecule has 1 heterocycles. The molecule has 4 heteroatoms. The first-order chi connectivity index (χ1) is 7.31. The molecule has 0 amide bonds. The molecule has 0 bridgehead atoms. The van der Waals surface area contributed by atoms with Crippen LogP contribution in [-0.4, -0.2) is 29.0 Å². The first kappa shape index (κ1) is 10.6. The van der Waals surface area contributed by atoms with Gasteiger partial charge in [-0.15, -0.1) is 0 Å². The summed E-state index contributed by atoms with van der Waals surface area (Å²) in [6.07, 6.45) is 6.78. The molecule has 1 saturated carbocycles. The average Bonchev–Trinajstić information content (AvgIpc) is 2.64. The molecule has 1 aromatic heterocycles. The number of nitrogens with zero attached hydrogens (tertiary/aromatic N) is 2. The first-order valence-corrected chi connectivity index (χ1v) is 5.59. The van der Waals surface area contributed by atoms with Gasteiger partial charge in [-0.3, -0.25) is 4.68 Å². The quantitative estimate of drug-likeness (QED) is 0.791. The zero-order valence-electron chi connectivity index (χ0n) is 9.44. The monoisotopic (exact) mass is 209 g/mol. The summed E-state index contributed by atoms with van der Waals surface area (Å²) >= 11 is 0. The standard InChI is InChI=1S/C11H19N3O/c1-3-14-8-9(7-13-14)6-12-10-4-11(5-10)15-2/h7-8,10-12H,3-6H2,1-2H3. The van der Waals surface area contributed by atoms with Gasteiger partial charge in [0.1, 0.15) is 0 Å². The molecule has 0 radical (unpaired) electrons. The maximum Gasteiger partial charge on any atom is 0.0601 e. The summed E-state index contributed by atoms with van der Waals surface area (Å²) in [4.78, 5) is 0. The summed E-state index contributed by atoms with van der Waals surface area (Å²) in [5.41, 5.74) is 1.26. The average molecular weight is 209 g/mol. The van der Waals surface area contributed by atoms with E-state index < -0.39 is 0 Å². The van der Waals surface area contributed by atoms with E-state index in [1.807, 2.05) is 10.9 Å². The van der Waals surface area contributed by atoms with Gasteiger partial charge in [-0.25, -0.2) is 0 Å². The van der Waals surface area contributed by atoms with Crippen LogP contribution in [0.5, 0.6) is 0 Å². The smallest absolute Gasteiger partial charge is 0.0601 e. The van der Waals surface area contributed by atoms with Crippen molar-refractivity contribution in [2.75, 3.05) is 7.11 Å². The van der Waals surface area contributed by atoms with Crippen LogP contribution in [0.15, 0.2) is 12.4 Å². The molecule has 2 rings (SSSR count). The van der Waals surface area contributed by atoms with Crippen LogP contribution < -0.4 is 5.32 Å². The molecular weight excluding hydrogens is 190 g/mol. The fourth-order valence-corrected chi connectivity index (χ4v) is 1.86. The van der Waals surface area contributed by atoms with Gasteiger partial charge in [0.05, 0.1) is 12.3 Å². The Morgan fingerprint density at radius 3 is 3.00 bits per heavy atom. The van der Waals surface area contributed by atoms with Crippen molar-refractivity contribution >= 4 is 0 Å². The lowest BCUT2D eigenvalue weighted by molar-refractivity contribution is 0.0170. The molecule has 1 aliphatic carbocycles. The predicted octanol–water partition coefficient (Wildman–Crippen LogP) is 1.17. The van der Waals surface area contributed by atoms with Gasteiger partial charge in [0.2, 0.25) is 0 Å². The minimum Gasteiger partial charge on any atom is -0.381 e. The number of hydrogen-bond acceptors (Lipinski definition) is 3. The Kier molecular flexibility index (Phi) is 3.38. The van der Waals surface area contributed by atoms with Crippen molar-refractivity contribution in [1.29, 1.82) is 0 Å². The van der Waals surface area contributed by atoms with Crippen LogP contribution in [0.3, 0.4) is 0 Å². The van der Waals surface area contributed by atoms with Gasteiger partial charge in [-0.05, 0) is 19.8 Å². The first-order valence-electron chi connectivity index (χ1n) is 5.59. The van der Waals surface area contributed by atoms with Gasteiger partial charge < -0.3 is 10.1 Å². The molecule has 1 aromatic rings. The SMILES string of the molecule is CCn1cc(CNC2CC(OC)C2)cn1. The van der Waals surface area contributed by atoms with Crippen LogP contribution in [0.25, 0.3) is 0 Å². The molecule has 1 aliphatic rings. The van der Waals surface area contributed by atoms with Crippen LogP contribution in [0, 0.1) is 0 Å². The third-order valence-corrected chi connectivity index (χ3v) is 3.03. The van der Waals surface area contributed by atoms with Crippen LogP contribution in [0.4, 0.5) is 0 Å². The van der Waals surface area contributed by atoms with Crippen molar-refractivity contribution in [3.63, 3.8) is 0 Å². The molecule has 1 N–H and O–H groups in total. The third-order valence-electron chi connectivity index (χ3n) is 3.03. The Hall–Kier alpha value is -0.870. The highest BCUT2D eigenvalue weighted by Gasteiger charge is 2.28. The van der Waals surface area contributed by atoms with Crippen molar-refractivity contribution in [2.24, 2.45) is 0 Å². The molecular formula is C11H19N3O. The van der Waals surface area contributed by atoms with Crippen molar-refractivity contribution < 1.29 is 4.74 Å². The zero-order chi connectivity index (χ0) is 10.7. The van der Waals surface area contributed by atoms with Gasteiger partial charge in [0, 0.05) is 38.0 Å². The molecule has 0 aliphatic heterocycles. The van der Waals surface area contributed by atoms with Crippen molar-refractivity contribution in [3.05, 3.63) is 18.0 Å². The predicted molar refractivity (Wildman–Crippen MR) is 58.6 cm³/mol. The Morgan fingerprint density at radius 1 is 1.60 bits per heavy atom. The largest absolute Gasteiger partial charge is 0.381 e. The number of aryl methyl sites for hydroxylation is 1. The second kappa shape index (κ2) is 4.77. The maximum absolute atomic E-state index is 5.23. The van der Waals surface area contributed by atoms with E-state index in [0.29, 0.717) is 12.1 Å². The van der Waals surface area contributed by atoms with Gasteiger partial charge in [-0.1, -0.05) is 0 Å². The Morgan fingerprint density at radius 2 is 2.40 bits per heavy atom. The number of methoxy groups -OCH3 is 1. The number of nitrogens with one attached hydrogen (secondary N) is 1. The summed E-state index contributed by atoms with van der Waals surface area (Å²) in [7, 11) is 1.78. The number of rotatable bonds is 5. The van der Waals surface area contributed by atoms with Crippen molar-refractivity contribution in [2.45, 2.75) is 45.0 Å². The van der Waals surface area contributed by atoms with E-state index in [0.717, 1.165) is 25.9 Å². The number of ether oxygens (including phenoxy) is 1. The number of aromatic nitrogens is 2.